The fourth-order valence-corrected chi connectivity index (χ4v) is 1.35. The summed E-state index contributed by atoms with van der Waals surface area (Å²) in [5.74, 6) is 0.511. The van der Waals surface area contributed by atoms with Crippen LogP contribution in [0.4, 0.5) is 5.82 Å². The number of sulfone groups is 1. The standard InChI is InChI=1S/C9H14ClN3O2S/c1-9(2,16(3,14)15)5-11-8-4-7(10)12-6-13-8/h4,6H,5H2,1-3H3,(H,11,12,13). The topological polar surface area (TPSA) is 72.0 Å². The Morgan fingerprint density at radius 3 is 2.56 bits per heavy atom. The van der Waals surface area contributed by atoms with Gasteiger partial charge in [0.15, 0.2) is 9.84 Å². The SMILES string of the molecule is CC(C)(CNc1cc(Cl)ncn1)S(C)(=O)=O. The highest BCUT2D eigenvalue weighted by Crippen LogP contribution is 2.16. The Balaban J connectivity index is 2.72. The van der Waals surface area contributed by atoms with E-state index in [4.69, 9.17) is 11.6 Å². The fraction of sp³-hybridized carbons (Fsp3) is 0.556. The number of anilines is 1. The molecule has 0 amide bonds. The van der Waals surface area contributed by atoms with Crippen LogP contribution in [0.5, 0.6) is 0 Å². The Hall–Kier alpha value is -0.880. The Labute approximate surface area is 100 Å². The van der Waals surface area contributed by atoms with Gasteiger partial charge in [-0.05, 0) is 13.8 Å². The van der Waals surface area contributed by atoms with Gasteiger partial charge in [-0.15, -0.1) is 0 Å². The van der Waals surface area contributed by atoms with Crippen LogP contribution in [-0.2, 0) is 9.84 Å². The van der Waals surface area contributed by atoms with E-state index in [0.717, 1.165) is 0 Å². The number of hydrogen-bond acceptors (Lipinski definition) is 5. The minimum Gasteiger partial charge on any atom is -0.368 e. The van der Waals surface area contributed by atoms with E-state index in [-0.39, 0.29) is 6.54 Å². The molecule has 0 bridgehead atoms. The van der Waals surface area contributed by atoms with Crippen molar-refractivity contribution in [2.45, 2.75) is 18.6 Å². The molecule has 1 N–H and O–H groups in total. The number of nitrogens with zero attached hydrogens (tertiary/aromatic N) is 2. The van der Waals surface area contributed by atoms with Crippen LogP contribution in [0, 0.1) is 0 Å². The molecule has 1 aromatic heterocycles. The van der Waals surface area contributed by atoms with Crippen LogP contribution in [0.1, 0.15) is 13.8 Å². The molecule has 7 heteroatoms. The Morgan fingerprint density at radius 1 is 1.44 bits per heavy atom. The average molecular weight is 264 g/mol. The summed E-state index contributed by atoms with van der Waals surface area (Å²) in [7, 11) is -3.12. The van der Waals surface area contributed by atoms with E-state index in [0.29, 0.717) is 11.0 Å². The van der Waals surface area contributed by atoms with Crippen molar-refractivity contribution < 1.29 is 8.42 Å². The molecule has 0 saturated carbocycles. The maximum Gasteiger partial charge on any atom is 0.154 e. The van der Waals surface area contributed by atoms with Gasteiger partial charge in [-0.3, -0.25) is 0 Å². The summed E-state index contributed by atoms with van der Waals surface area (Å²) in [6, 6.07) is 1.54. The van der Waals surface area contributed by atoms with Crippen molar-refractivity contribution in [2.75, 3.05) is 18.1 Å². The largest absolute Gasteiger partial charge is 0.368 e. The molecule has 0 unspecified atom stereocenters. The minimum absolute atomic E-state index is 0.263. The molecular weight excluding hydrogens is 250 g/mol. The number of nitrogens with one attached hydrogen (secondary N) is 1. The van der Waals surface area contributed by atoms with Crippen LogP contribution in [0.3, 0.4) is 0 Å². The van der Waals surface area contributed by atoms with Crippen LogP contribution in [0.15, 0.2) is 12.4 Å². The summed E-state index contributed by atoms with van der Waals surface area (Å²) in [5, 5.41) is 3.23. The molecule has 1 aromatic rings. The average Bonchev–Trinajstić information content (AvgIpc) is 2.13. The zero-order valence-electron chi connectivity index (χ0n) is 9.36. The van der Waals surface area contributed by atoms with Gasteiger partial charge in [0.2, 0.25) is 0 Å². The maximum absolute atomic E-state index is 11.4. The summed E-state index contributed by atoms with van der Waals surface area (Å²) in [4.78, 5) is 7.65. The second-order valence-corrected chi connectivity index (χ2v) is 7.15. The normalized spacial score (nSPS) is 12.5. The zero-order chi connectivity index (χ0) is 12.4. The molecule has 0 aliphatic carbocycles. The van der Waals surface area contributed by atoms with Gasteiger partial charge in [-0.2, -0.15) is 0 Å². The molecule has 1 heterocycles. The van der Waals surface area contributed by atoms with E-state index in [1.165, 1.54) is 12.6 Å². The number of rotatable bonds is 4. The van der Waals surface area contributed by atoms with Gasteiger partial charge in [-0.25, -0.2) is 18.4 Å². The molecule has 0 radical (unpaired) electrons. The third-order valence-electron chi connectivity index (χ3n) is 2.33. The Kier molecular flexibility index (Phi) is 3.75. The minimum atomic E-state index is -3.12. The van der Waals surface area contributed by atoms with Crippen LogP contribution in [0.2, 0.25) is 5.15 Å². The van der Waals surface area contributed by atoms with Crippen molar-refractivity contribution in [2.24, 2.45) is 0 Å². The molecule has 16 heavy (non-hydrogen) atoms. The van der Waals surface area contributed by atoms with Crippen molar-refractivity contribution in [3.05, 3.63) is 17.5 Å². The lowest BCUT2D eigenvalue weighted by atomic mass is 10.2. The molecular formula is C9H14ClN3O2S. The summed E-state index contributed by atoms with van der Waals surface area (Å²) in [6.07, 6.45) is 2.53. The van der Waals surface area contributed by atoms with Gasteiger partial charge >= 0.3 is 0 Å². The number of hydrogen-bond donors (Lipinski definition) is 1. The quantitative estimate of drug-likeness (QED) is 0.831. The van der Waals surface area contributed by atoms with Gasteiger partial charge < -0.3 is 5.32 Å². The van der Waals surface area contributed by atoms with E-state index in [1.807, 2.05) is 0 Å². The van der Waals surface area contributed by atoms with Gasteiger partial charge in [0.25, 0.3) is 0 Å². The first-order chi connectivity index (χ1) is 7.22. The highest BCUT2D eigenvalue weighted by Gasteiger charge is 2.29. The van der Waals surface area contributed by atoms with Gasteiger partial charge in [0, 0.05) is 18.9 Å². The predicted octanol–water partition coefficient (Wildman–Crippen LogP) is 1.37. The van der Waals surface area contributed by atoms with E-state index in [1.54, 1.807) is 19.9 Å². The van der Waals surface area contributed by atoms with Crippen molar-refractivity contribution in [3.8, 4) is 0 Å². The van der Waals surface area contributed by atoms with Crippen molar-refractivity contribution >= 4 is 27.3 Å². The number of aromatic nitrogens is 2. The summed E-state index contributed by atoms with van der Waals surface area (Å²) >= 11 is 5.68. The molecule has 0 fully saturated rings. The van der Waals surface area contributed by atoms with Gasteiger partial charge in [-0.1, -0.05) is 11.6 Å². The molecule has 5 nitrogen and oxygen atoms in total. The maximum atomic E-state index is 11.4. The third kappa shape index (κ3) is 3.31. The lowest BCUT2D eigenvalue weighted by Crippen LogP contribution is -2.38. The van der Waals surface area contributed by atoms with Crippen molar-refractivity contribution in [3.63, 3.8) is 0 Å². The summed E-state index contributed by atoms with van der Waals surface area (Å²) < 4.78 is 22.0. The van der Waals surface area contributed by atoms with Crippen molar-refractivity contribution in [1.29, 1.82) is 0 Å². The molecule has 0 aromatic carbocycles. The lowest BCUT2D eigenvalue weighted by molar-refractivity contribution is 0.559. The first-order valence-electron chi connectivity index (χ1n) is 4.63. The molecule has 0 spiro atoms. The van der Waals surface area contributed by atoms with E-state index in [2.05, 4.69) is 15.3 Å². The van der Waals surface area contributed by atoms with E-state index >= 15 is 0 Å². The highest BCUT2D eigenvalue weighted by molar-refractivity contribution is 7.92. The monoisotopic (exact) mass is 263 g/mol. The molecule has 0 aliphatic heterocycles. The molecule has 0 aliphatic rings. The zero-order valence-corrected chi connectivity index (χ0v) is 10.9. The lowest BCUT2D eigenvalue weighted by Gasteiger charge is -2.22. The smallest absolute Gasteiger partial charge is 0.154 e. The van der Waals surface area contributed by atoms with Crippen LogP contribution in [0.25, 0.3) is 0 Å². The highest BCUT2D eigenvalue weighted by atomic mass is 35.5. The third-order valence-corrected chi connectivity index (χ3v) is 4.69. The predicted molar refractivity (Wildman–Crippen MR) is 64.5 cm³/mol. The summed E-state index contributed by atoms with van der Waals surface area (Å²) in [5.41, 5.74) is 0. The van der Waals surface area contributed by atoms with Crippen LogP contribution >= 0.6 is 11.6 Å². The van der Waals surface area contributed by atoms with E-state index < -0.39 is 14.6 Å². The van der Waals surface area contributed by atoms with Crippen LogP contribution in [-0.4, -0.2) is 35.9 Å². The van der Waals surface area contributed by atoms with Crippen LogP contribution < -0.4 is 5.32 Å². The number of halogens is 1. The summed E-state index contributed by atoms with van der Waals surface area (Å²) in [6.45, 7) is 3.56. The first-order valence-corrected chi connectivity index (χ1v) is 6.90. The molecule has 1 rings (SSSR count). The van der Waals surface area contributed by atoms with Crippen molar-refractivity contribution in [1.82, 2.24) is 9.97 Å². The second-order valence-electron chi connectivity index (χ2n) is 4.11. The fourth-order valence-electron chi connectivity index (χ4n) is 0.865. The Morgan fingerprint density at radius 2 is 2.06 bits per heavy atom. The Bertz CT molecular complexity index is 473. The van der Waals surface area contributed by atoms with Gasteiger partial charge in [0.05, 0.1) is 4.75 Å². The molecule has 0 atom stereocenters. The van der Waals surface area contributed by atoms with Gasteiger partial charge in [0.1, 0.15) is 17.3 Å². The molecule has 90 valence electrons. The molecule has 0 saturated heterocycles. The second kappa shape index (κ2) is 4.55. The van der Waals surface area contributed by atoms with E-state index in [9.17, 15) is 8.42 Å². The first kappa shape index (κ1) is 13.2.